The Bertz CT molecular complexity index is 791. The molecule has 0 aliphatic carbocycles. The summed E-state index contributed by atoms with van der Waals surface area (Å²) in [6.07, 6.45) is 4.27. The standard InChI is InChI=1S/C22H23NO4/c24-20(23-14-6-1-2-7-15-23)16-27-22(26)19-12-10-18(11-13-19)21(25)17-8-4-3-5-9-17/h3-5,8-13H,1-2,6-7,14-16H2. The summed E-state index contributed by atoms with van der Waals surface area (Å²) in [4.78, 5) is 38.5. The van der Waals surface area contributed by atoms with Gasteiger partial charge in [-0.15, -0.1) is 0 Å². The van der Waals surface area contributed by atoms with Crippen LogP contribution in [0.25, 0.3) is 0 Å². The van der Waals surface area contributed by atoms with Crippen molar-refractivity contribution < 1.29 is 19.1 Å². The first-order chi connectivity index (χ1) is 13.1. The van der Waals surface area contributed by atoms with Crippen LogP contribution in [0, 0.1) is 0 Å². The molecule has 1 saturated heterocycles. The van der Waals surface area contributed by atoms with E-state index in [0.29, 0.717) is 16.7 Å². The van der Waals surface area contributed by atoms with E-state index in [-0.39, 0.29) is 18.3 Å². The van der Waals surface area contributed by atoms with Gasteiger partial charge in [-0.1, -0.05) is 55.3 Å². The minimum absolute atomic E-state index is 0.105. The second-order valence-corrected chi connectivity index (χ2v) is 6.64. The van der Waals surface area contributed by atoms with Gasteiger partial charge in [-0.2, -0.15) is 0 Å². The van der Waals surface area contributed by atoms with E-state index in [2.05, 4.69) is 0 Å². The maximum atomic E-state index is 12.4. The lowest BCUT2D eigenvalue weighted by Crippen LogP contribution is -2.35. The SMILES string of the molecule is O=C(OCC(=O)N1CCCCCC1)c1ccc(C(=O)c2ccccc2)cc1. The average molecular weight is 365 g/mol. The van der Waals surface area contributed by atoms with Crippen molar-refractivity contribution in [2.75, 3.05) is 19.7 Å². The van der Waals surface area contributed by atoms with Crippen LogP contribution in [0.5, 0.6) is 0 Å². The highest BCUT2D eigenvalue weighted by molar-refractivity contribution is 6.09. The van der Waals surface area contributed by atoms with Crippen molar-refractivity contribution >= 4 is 17.7 Å². The number of benzene rings is 2. The van der Waals surface area contributed by atoms with Crippen LogP contribution < -0.4 is 0 Å². The van der Waals surface area contributed by atoms with E-state index in [9.17, 15) is 14.4 Å². The lowest BCUT2D eigenvalue weighted by Gasteiger charge is -2.19. The molecule has 0 spiro atoms. The van der Waals surface area contributed by atoms with E-state index in [1.165, 1.54) is 0 Å². The summed E-state index contributed by atoms with van der Waals surface area (Å²) in [5.41, 5.74) is 1.41. The van der Waals surface area contributed by atoms with Gasteiger partial charge in [0.1, 0.15) is 0 Å². The zero-order valence-corrected chi connectivity index (χ0v) is 15.2. The quantitative estimate of drug-likeness (QED) is 0.601. The van der Waals surface area contributed by atoms with Crippen LogP contribution >= 0.6 is 0 Å². The topological polar surface area (TPSA) is 63.7 Å². The smallest absolute Gasteiger partial charge is 0.338 e. The van der Waals surface area contributed by atoms with Crippen molar-refractivity contribution in [3.05, 3.63) is 71.3 Å². The number of likely N-dealkylation sites (tertiary alicyclic amines) is 1. The highest BCUT2D eigenvalue weighted by Gasteiger charge is 2.18. The summed E-state index contributed by atoms with van der Waals surface area (Å²) in [5, 5.41) is 0. The monoisotopic (exact) mass is 365 g/mol. The third kappa shape index (κ3) is 5.03. The molecular weight excluding hydrogens is 342 g/mol. The Kier molecular flexibility index (Phi) is 6.36. The second kappa shape index (κ2) is 9.12. The molecule has 5 nitrogen and oxygen atoms in total. The Hall–Kier alpha value is -2.95. The van der Waals surface area contributed by atoms with E-state index in [1.54, 1.807) is 53.4 Å². The summed E-state index contributed by atoms with van der Waals surface area (Å²) in [6, 6.07) is 15.3. The normalized spacial score (nSPS) is 14.3. The number of ketones is 1. The molecule has 1 fully saturated rings. The van der Waals surface area contributed by atoms with Crippen molar-refractivity contribution in [3.8, 4) is 0 Å². The highest BCUT2D eigenvalue weighted by atomic mass is 16.5. The van der Waals surface area contributed by atoms with E-state index >= 15 is 0 Å². The predicted molar refractivity (Wildman–Crippen MR) is 102 cm³/mol. The van der Waals surface area contributed by atoms with Crippen molar-refractivity contribution in [2.24, 2.45) is 0 Å². The molecule has 2 aromatic carbocycles. The van der Waals surface area contributed by atoms with Gasteiger partial charge >= 0.3 is 5.97 Å². The Labute approximate surface area is 158 Å². The molecule has 3 rings (SSSR count). The van der Waals surface area contributed by atoms with Gasteiger partial charge in [0.05, 0.1) is 5.56 Å². The summed E-state index contributed by atoms with van der Waals surface area (Å²) < 4.78 is 5.15. The molecule has 140 valence electrons. The van der Waals surface area contributed by atoms with Crippen molar-refractivity contribution in [1.29, 1.82) is 0 Å². The maximum Gasteiger partial charge on any atom is 0.338 e. The van der Waals surface area contributed by atoms with Crippen LogP contribution in [0.1, 0.15) is 52.0 Å². The fraction of sp³-hybridized carbons (Fsp3) is 0.318. The Morgan fingerprint density at radius 2 is 1.30 bits per heavy atom. The molecule has 0 atom stereocenters. The molecular formula is C22H23NO4. The molecule has 1 amide bonds. The zero-order valence-electron chi connectivity index (χ0n) is 15.2. The van der Waals surface area contributed by atoms with Gasteiger partial charge in [-0.05, 0) is 25.0 Å². The molecule has 0 aromatic heterocycles. The van der Waals surface area contributed by atoms with E-state index < -0.39 is 5.97 Å². The molecule has 1 heterocycles. The Morgan fingerprint density at radius 3 is 1.93 bits per heavy atom. The summed E-state index contributed by atoms with van der Waals surface area (Å²) >= 11 is 0. The van der Waals surface area contributed by atoms with Crippen LogP contribution in [0.3, 0.4) is 0 Å². The number of carbonyl (C=O) groups excluding carboxylic acids is 3. The highest BCUT2D eigenvalue weighted by Crippen LogP contribution is 2.13. The third-order valence-electron chi connectivity index (χ3n) is 4.70. The van der Waals surface area contributed by atoms with Crippen LogP contribution in [0.4, 0.5) is 0 Å². The Morgan fingerprint density at radius 1 is 0.741 bits per heavy atom. The second-order valence-electron chi connectivity index (χ2n) is 6.64. The molecule has 5 heteroatoms. The Balaban J connectivity index is 1.56. The van der Waals surface area contributed by atoms with Crippen molar-refractivity contribution in [2.45, 2.75) is 25.7 Å². The molecule has 0 saturated carbocycles. The molecule has 0 radical (unpaired) electrons. The molecule has 0 unspecified atom stereocenters. The number of carbonyl (C=O) groups is 3. The minimum atomic E-state index is -0.558. The van der Waals surface area contributed by atoms with E-state index in [0.717, 1.165) is 38.8 Å². The lowest BCUT2D eigenvalue weighted by molar-refractivity contribution is -0.134. The maximum absolute atomic E-state index is 12.4. The molecule has 27 heavy (non-hydrogen) atoms. The lowest BCUT2D eigenvalue weighted by atomic mass is 10.0. The van der Waals surface area contributed by atoms with Gasteiger partial charge in [0.15, 0.2) is 12.4 Å². The first-order valence-corrected chi connectivity index (χ1v) is 9.30. The van der Waals surface area contributed by atoms with E-state index in [4.69, 9.17) is 4.74 Å². The first-order valence-electron chi connectivity index (χ1n) is 9.30. The number of nitrogens with zero attached hydrogens (tertiary/aromatic N) is 1. The van der Waals surface area contributed by atoms with Crippen LogP contribution in [-0.4, -0.2) is 42.3 Å². The number of hydrogen-bond donors (Lipinski definition) is 0. The van der Waals surface area contributed by atoms with Crippen LogP contribution in [0.2, 0.25) is 0 Å². The van der Waals surface area contributed by atoms with Crippen LogP contribution in [0.15, 0.2) is 54.6 Å². The summed E-state index contributed by atoms with van der Waals surface area (Å²) in [5.74, 6) is -0.815. The largest absolute Gasteiger partial charge is 0.452 e. The molecule has 2 aromatic rings. The van der Waals surface area contributed by atoms with E-state index in [1.807, 2.05) is 6.07 Å². The molecule has 1 aliphatic rings. The summed E-state index contributed by atoms with van der Waals surface area (Å²) in [7, 11) is 0. The molecule has 0 bridgehead atoms. The van der Waals surface area contributed by atoms with Gasteiger partial charge in [0.2, 0.25) is 0 Å². The molecule has 1 aliphatic heterocycles. The number of amides is 1. The van der Waals surface area contributed by atoms with Gasteiger partial charge in [0, 0.05) is 24.2 Å². The fourth-order valence-electron chi connectivity index (χ4n) is 3.14. The van der Waals surface area contributed by atoms with Gasteiger partial charge in [-0.25, -0.2) is 4.79 Å². The minimum Gasteiger partial charge on any atom is -0.452 e. The third-order valence-corrected chi connectivity index (χ3v) is 4.70. The number of rotatable bonds is 5. The average Bonchev–Trinajstić information content (AvgIpc) is 3.01. The van der Waals surface area contributed by atoms with Crippen molar-refractivity contribution in [3.63, 3.8) is 0 Å². The van der Waals surface area contributed by atoms with Gasteiger partial charge < -0.3 is 9.64 Å². The fourth-order valence-corrected chi connectivity index (χ4v) is 3.14. The van der Waals surface area contributed by atoms with Gasteiger partial charge in [0.25, 0.3) is 5.91 Å². The van der Waals surface area contributed by atoms with Gasteiger partial charge in [-0.3, -0.25) is 9.59 Å². The molecule has 0 N–H and O–H groups in total. The zero-order chi connectivity index (χ0) is 19.1. The number of esters is 1. The predicted octanol–water partition coefficient (Wildman–Crippen LogP) is 3.48. The summed E-state index contributed by atoms with van der Waals surface area (Å²) in [6.45, 7) is 1.21. The van der Waals surface area contributed by atoms with Crippen molar-refractivity contribution in [1.82, 2.24) is 4.90 Å². The first kappa shape index (κ1) is 18.8. The number of ether oxygens (including phenoxy) is 1. The van der Waals surface area contributed by atoms with Crippen LogP contribution in [-0.2, 0) is 9.53 Å². The number of hydrogen-bond acceptors (Lipinski definition) is 4.